The lowest BCUT2D eigenvalue weighted by Crippen LogP contribution is -2.02. The zero-order chi connectivity index (χ0) is 55.2. The normalized spacial score (nSPS) is 10.6. The van der Waals surface area contributed by atoms with Crippen LogP contribution < -0.4 is 0 Å². The molecular weight excluding hydrogens is 985 g/mol. The number of nitriles is 5. The number of aromatic nitrogens is 3. The van der Waals surface area contributed by atoms with E-state index in [1.807, 2.05) is 91.0 Å². The predicted molar refractivity (Wildman–Crippen MR) is 309 cm³/mol. The molecule has 12 nitrogen and oxygen atoms in total. The Hall–Kier alpha value is -12.9. The maximum atomic E-state index is 10.6. The summed E-state index contributed by atoms with van der Waals surface area (Å²) in [5, 5.41) is 53.7. The minimum absolute atomic E-state index is 0.328. The second-order valence-electron chi connectivity index (χ2n) is 18.8. The summed E-state index contributed by atoms with van der Waals surface area (Å²) in [7, 11) is 0. The van der Waals surface area contributed by atoms with Crippen LogP contribution in [0.1, 0.15) is 27.8 Å². The number of fused-ring (bicyclic) bond motifs is 6. The maximum Gasteiger partial charge on any atom is 0.189 e. The van der Waals surface area contributed by atoms with E-state index in [0.29, 0.717) is 84.2 Å². The van der Waals surface area contributed by atoms with Gasteiger partial charge in [0.1, 0.15) is 0 Å². The Bertz CT molecular complexity index is 4750. The molecule has 0 N–H and O–H groups in total. The van der Waals surface area contributed by atoms with Gasteiger partial charge in [0.25, 0.3) is 0 Å². The van der Waals surface area contributed by atoms with Crippen molar-refractivity contribution in [2.24, 2.45) is 0 Å². The van der Waals surface area contributed by atoms with Crippen LogP contribution >= 0.6 is 0 Å². The van der Waals surface area contributed by atoms with E-state index in [-0.39, 0.29) is 0 Å². The first-order valence-electron chi connectivity index (χ1n) is 24.5. The molecule has 0 saturated carbocycles. The smallest absolute Gasteiger partial charge is 0.189 e. The van der Waals surface area contributed by atoms with Crippen molar-refractivity contribution in [3.63, 3.8) is 0 Å². The number of pyridine rings is 1. The molecule has 12 rings (SSSR count). The maximum absolute atomic E-state index is 10.6. The van der Waals surface area contributed by atoms with Gasteiger partial charge in [0, 0.05) is 50.0 Å². The van der Waals surface area contributed by atoms with Gasteiger partial charge in [0.2, 0.25) is 0 Å². The monoisotopic (exact) mass is 1010 g/mol. The van der Waals surface area contributed by atoms with Crippen molar-refractivity contribution >= 4 is 66.4 Å². The number of hydrogen-bond donors (Lipinski definition) is 0. The van der Waals surface area contributed by atoms with Gasteiger partial charge in [-0.15, -0.1) is 0 Å². The van der Waals surface area contributed by atoms with Crippen molar-refractivity contribution in [2.75, 3.05) is 0 Å². The average Bonchev–Trinajstić information content (AvgIpc) is 4.22. The Balaban J connectivity index is 1.12. The first kappa shape index (κ1) is 48.1. The SMILES string of the molecule is [C-]#[N+]c1cc(C#N)cc(-c2ccc3c(c2)c2cc(-c4cc(C#N)cc(C#N)c4)ccc2n3-c2cnccc2-c2ccc(C#N)cc2-n2c3ccc(-c4cc(C#N)cc([N+]#[C-])c4)cc3c3cc(-c4cc([N+]#[C-])cc([N+]#[C-])c4)ccc32)c1. The number of hydrogen-bond acceptors (Lipinski definition) is 6. The molecule has 0 amide bonds. The van der Waals surface area contributed by atoms with Gasteiger partial charge < -0.3 is 9.13 Å². The van der Waals surface area contributed by atoms with E-state index < -0.39 is 0 Å². The minimum Gasteiger partial charge on any atom is -0.309 e. The summed E-state index contributed by atoms with van der Waals surface area (Å²) in [4.78, 5) is 19.3. The van der Waals surface area contributed by atoms with Crippen LogP contribution in [0.2, 0.25) is 0 Å². The third kappa shape index (κ3) is 8.17. The van der Waals surface area contributed by atoms with E-state index >= 15 is 0 Å². The highest BCUT2D eigenvalue weighted by molar-refractivity contribution is 6.14. The Morgan fingerprint density at radius 3 is 1.06 bits per heavy atom. The molecule has 0 spiro atoms. The van der Waals surface area contributed by atoms with Crippen LogP contribution in [-0.2, 0) is 0 Å². The van der Waals surface area contributed by atoms with Gasteiger partial charge in [-0.05, 0) is 166 Å². The Labute approximate surface area is 457 Å². The molecule has 80 heavy (non-hydrogen) atoms. The van der Waals surface area contributed by atoms with Crippen molar-refractivity contribution in [3.05, 3.63) is 256 Å². The summed E-state index contributed by atoms with van der Waals surface area (Å²) in [6.07, 6.45) is 3.53. The molecular formula is C68H30N12. The molecule has 0 aliphatic carbocycles. The minimum atomic E-state index is 0.328. The summed E-state index contributed by atoms with van der Waals surface area (Å²) in [6.45, 7) is 31.1. The highest BCUT2D eigenvalue weighted by Crippen LogP contribution is 2.45. The second kappa shape index (κ2) is 19.4. The van der Waals surface area contributed by atoms with Crippen LogP contribution in [0.5, 0.6) is 0 Å². The first-order valence-corrected chi connectivity index (χ1v) is 24.5. The first-order chi connectivity index (χ1) is 39.2. The van der Waals surface area contributed by atoms with Crippen LogP contribution in [0.15, 0.2) is 182 Å². The molecule has 3 aromatic heterocycles. The molecule has 3 heterocycles. The van der Waals surface area contributed by atoms with Crippen molar-refractivity contribution in [2.45, 2.75) is 0 Å². The molecule has 0 fully saturated rings. The molecule has 362 valence electrons. The Kier molecular flexibility index (Phi) is 11.7. The van der Waals surface area contributed by atoms with Crippen molar-refractivity contribution in [1.82, 2.24) is 14.1 Å². The molecule has 0 aliphatic rings. The highest BCUT2D eigenvalue weighted by atomic mass is 15.0. The fourth-order valence-electron chi connectivity index (χ4n) is 10.7. The third-order valence-corrected chi connectivity index (χ3v) is 14.3. The van der Waals surface area contributed by atoms with Gasteiger partial charge >= 0.3 is 0 Å². The Morgan fingerprint density at radius 2 is 0.662 bits per heavy atom. The van der Waals surface area contributed by atoms with Crippen LogP contribution in [0, 0.1) is 82.9 Å². The van der Waals surface area contributed by atoms with E-state index in [9.17, 15) is 26.3 Å². The van der Waals surface area contributed by atoms with E-state index in [1.165, 1.54) is 0 Å². The van der Waals surface area contributed by atoms with E-state index in [0.717, 1.165) is 77.0 Å². The summed E-state index contributed by atoms with van der Waals surface area (Å²) in [5.74, 6) is 0. The van der Waals surface area contributed by atoms with Crippen molar-refractivity contribution in [1.29, 1.82) is 26.3 Å². The molecule has 12 aromatic rings. The highest BCUT2D eigenvalue weighted by Gasteiger charge is 2.23. The zero-order valence-electron chi connectivity index (χ0n) is 41.7. The van der Waals surface area contributed by atoms with Gasteiger partial charge in [-0.3, -0.25) is 4.98 Å². The lowest BCUT2D eigenvalue weighted by atomic mass is 9.97. The Morgan fingerprint density at radius 1 is 0.312 bits per heavy atom. The van der Waals surface area contributed by atoms with Gasteiger partial charge in [0.05, 0.1) is 113 Å². The van der Waals surface area contributed by atoms with Gasteiger partial charge in [-0.1, -0.05) is 48.5 Å². The number of rotatable bonds is 7. The fourth-order valence-corrected chi connectivity index (χ4v) is 10.7. The molecule has 0 radical (unpaired) electrons. The lowest BCUT2D eigenvalue weighted by molar-refractivity contribution is 1.13. The molecule has 12 heteroatoms. The fraction of sp³-hybridized carbons (Fsp3) is 0. The molecule has 0 aliphatic heterocycles. The summed E-state index contributed by atoms with van der Waals surface area (Å²) in [6, 6.07) is 62.9. The molecule has 0 unspecified atom stereocenters. The van der Waals surface area contributed by atoms with Gasteiger partial charge in [0.15, 0.2) is 22.7 Å². The number of benzene rings is 9. The van der Waals surface area contributed by atoms with E-state index in [1.54, 1.807) is 91.3 Å². The largest absolute Gasteiger partial charge is 0.309 e. The van der Waals surface area contributed by atoms with Gasteiger partial charge in [-0.2, -0.15) is 26.3 Å². The van der Waals surface area contributed by atoms with Crippen LogP contribution in [0.4, 0.5) is 22.7 Å². The molecule has 0 bridgehead atoms. The molecule has 9 aromatic carbocycles. The standard InChI is InChI=1S/C68H30N12/c1-74-53-22-43(37-72)20-50(25-53)46-7-11-63-59(30-46)60-32-48(52-27-55(76-3)33-56(28-52)77-4)9-12-64(60)79(63)67-24-40(34-69)5-10-57(67)58-15-16-78-39-68(58)80-65-13-6-45(49-18-41(35-70)17-42(19-49)36-71)29-61(65)62-31-47(8-14-66(62)80)51-21-44(38-73)23-54(26-51)75-2/h5-33,39H. The number of nitrogens with zero attached hydrogens (tertiary/aromatic N) is 12. The second-order valence-corrected chi connectivity index (χ2v) is 18.8. The molecule has 0 saturated heterocycles. The third-order valence-electron chi connectivity index (χ3n) is 14.3. The topological polar surface area (TPSA) is 159 Å². The summed E-state index contributed by atoms with van der Waals surface area (Å²) >= 11 is 0. The van der Waals surface area contributed by atoms with Gasteiger partial charge in [-0.25, -0.2) is 19.4 Å². The van der Waals surface area contributed by atoms with Crippen LogP contribution in [0.3, 0.4) is 0 Å². The van der Waals surface area contributed by atoms with Crippen molar-refractivity contribution < 1.29 is 0 Å². The summed E-state index contributed by atoms with van der Waals surface area (Å²) < 4.78 is 4.26. The predicted octanol–water partition coefficient (Wildman–Crippen LogP) is 17.2. The quantitative estimate of drug-likeness (QED) is 0.145. The van der Waals surface area contributed by atoms with E-state index in [2.05, 4.69) is 58.9 Å². The molecule has 0 atom stereocenters. The van der Waals surface area contributed by atoms with Crippen molar-refractivity contribution in [3.8, 4) is 97.4 Å². The van der Waals surface area contributed by atoms with Crippen LogP contribution in [0.25, 0.3) is 130 Å². The van der Waals surface area contributed by atoms with E-state index in [4.69, 9.17) is 31.3 Å². The van der Waals surface area contributed by atoms with Crippen LogP contribution in [-0.4, -0.2) is 14.1 Å². The lowest BCUT2D eigenvalue weighted by Gasteiger charge is -2.18. The summed E-state index contributed by atoms with van der Waals surface area (Å²) in [5.41, 5.74) is 15.0. The average molecular weight is 1020 g/mol. The zero-order valence-corrected chi connectivity index (χ0v) is 41.7.